The number of nitrogens with zero attached hydrogens (tertiary/aromatic N) is 2. The van der Waals surface area contributed by atoms with Gasteiger partial charge in [-0.3, -0.25) is 0 Å². The molecule has 2 aliphatic rings. The van der Waals surface area contributed by atoms with Gasteiger partial charge >= 0.3 is 0 Å². The van der Waals surface area contributed by atoms with Crippen molar-refractivity contribution in [2.24, 2.45) is 17.2 Å². The van der Waals surface area contributed by atoms with Crippen LogP contribution in [0.5, 0.6) is 0 Å². The molecule has 104 valence electrons. The summed E-state index contributed by atoms with van der Waals surface area (Å²) in [5, 5.41) is 3.55. The summed E-state index contributed by atoms with van der Waals surface area (Å²) in [5.74, 6) is 8.50. The van der Waals surface area contributed by atoms with E-state index in [-0.39, 0.29) is 0 Å². The molecule has 1 aromatic heterocycles. The van der Waals surface area contributed by atoms with Crippen LogP contribution in [0.4, 0.5) is 11.6 Å². The zero-order valence-corrected chi connectivity index (χ0v) is 11.7. The molecule has 0 amide bonds. The summed E-state index contributed by atoms with van der Waals surface area (Å²) in [6.45, 7) is 5.31. The van der Waals surface area contributed by atoms with E-state index in [1.165, 1.54) is 25.7 Å². The maximum Gasteiger partial charge on any atom is 0.148 e. The molecule has 2 saturated carbocycles. The normalized spacial score (nSPS) is 20.4. The lowest BCUT2D eigenvalue weighted by atomic mass is 10.00. The highest BCUT2D eigenvalue weighted by atomic mass is 15.3. The second-order valence-corrected chi connectivity index (χ2v) is 6.27. The average molecular weight is 261 g/mol. The zero-order valence-electron chi connectivity index (χ0n) is 11.7. The van der Waals surface area contributed by atoms with Gasteiger partial charge in [0, 0.05) is 12.1 Å². The summed E-state index contributed by atoms with van der Waals surface area (Å²) in [6.07, 6.45) is 7.14. The second kappa shape index (κ2) is 4.63. The van der Waals surface area contributed by atoms with E-state index in [9.17, 15) is 0 Å². The quantitative estimate of drug-likeness (QED) is 0.542. The molecule has 0 saturated heterocycles. The molecular weight excluding hydrogens is 238 g/mol. The third-order valence-electron chi connectivity index (χ3n) is 4.54. The van der Waals surface area contributed by atoms with E-state index in [0.29, 0.717) is 11.3 Å². The molecule has 1 aromatic rings. The van der Waals surface area contributed by atoms with Crippen LogP contribution in [0.25, 0.3) is 0 Å². The molecule has 1 heterocycles. The molecule has 0 aliphatic heterocycles. The molecule has 0 aromatic carbocycles. The molecular formula is C14H23N5. The van der Waals surface area contributed by atoms with Crippen molar-refractivity contribution >= 4 is 11.6 Å². The van der Waals surface area contributed by atoms with Crippen LogP contribution >= 0.6 is 0 Å². The van der Waals surface area contributed by atoms with Crippen molar-refractivity contribution in [3.63, 3.8) is 0 Å². The van der Waals surface area contributed by atoms with Crippen LogP contribution in [0.2, 0.25) is 0 Å². The lowest BCUT2D eigenvalue weighted by Crippen LogP contribution is -2.20. The standard InChI is InChI=1S/C14H23N5/c1-9(2)11-12(17-8-18-13(11)19-15)16-7-14(5-6-14)10-3-4-10/h8-10H,3-7,15H2,1-2H3,(H2,16,17,18,19). The van der Waals surface area contributed by atoms with Gasteiger partial charge in [-0.2, -0.15) is 0 Å². The molecule has 19 heavy (non-hydrogen) atoms. The van der Waals surface area contributed by atoms with E-state index in [1.807, 2.05) is 0 Å². The van der Waals surface area contributed by atoms with Gasteiger partial charge in [0.25, 0.3) is 0 Å². The van der Waals surface area contributed by atoms with E-state index in [1.54, 1.807) is 6.33 Å². The number of aromatic nitrogens is 2. The molecule has 3 rings (SSSR count). The lowest BCUT2D eigenvalue weighted by molar-refractivity contribution is 0.466. The minimum atomic E-state index is 0.339. The van der Waals surface area contributed by atoms with Crippen LogP contribution in [-0.2, 0) is 0 Å². The van der Waals surface area contributed by atoms with Crippen molar-refractivity contribution in [1.82, 2.24) is 9.97 Å². The monoisotopic (exact) mass is 261 g/mol. The van der Waals surface area contributed by atoms with Gasteiger partial charge in [0.15, 0.2) is 0 Å². The summed E-state index contributed by atoms with van der Waals surface area (Å²) in [7, 11) is 0. The van der Waals surface area contributed by atoms with Gasteiger partial charge in [-0.25, -0.2) is 15.8 Å². The molecule has 0 bridgehead atoms. The Morgan fingerprint density at radius 3 is 2.53 bits per heavy atom. The van der Waals surface area contributed by atoms with Crippen LogP contribution in [0, 0.1) is 11.3 Å². The molecule has 0 radical (unpaired) electrons. The molecule has 0 spiro atoms. The highest BCUT2D eigenvalue weighted by Crippen LogP contribution is 2.61. The fraction of sp³-hybridized carbons (Fsp3) is 0.714. The van der Waals surface area contributed by atoms with Gasteiger partial charge in [0.1, 0.15) is 18.0 Å². The van der Waals surface area contributed by atoms with Gasteiger partial charge in [-0.1, -0.05) is 13.8 Å². The summed E-state index contributed by atoms with van der Waals surface area (Å²) >= 11 is 0. The molecule has 2 aliphatic carbocycles. The highest BCUT2D eigenvalue weighted by Gasteiger charge is 2.53. The number of rotatable bonds is 6. The molecule has 2 fully saturated rings. The van der Waals surface area contributed by atoms with Crippen molar-refractivity contribution in [2.45, 2.75) is 45.4 Å². The van der Waals surface area contributed by atoms with Gasteiger partial charge in [0.2, 0.25) is 0 Å². The smallest absolute Gasteiger partial charge is 0.148 e. The predicted octanol–water partition coefficient (Wildman–Crippen LogP) is 2.49. The minimum Gasteiger partial charge on any atom is -0.369 e. The number of nitrogens with one attached hydrogen (secondary N) is 2. The molecule has 5 nitrogen and oxygen atoms in total. The molecule has 5 heteroatoms. The molecule has 4 N–H and O–H groups in total. The Labute approximate surface area is 114 Å². The topological polar surface area (TPSA) is 75.9 Å². The van der Waals surface area contributed by atoms with E-state index in [0.717, 1.165) is 29.7 Å². The SMILES string of the molecule is CC(C)c1c(NN)ncnc1NCC1(C2CC2)CC1. The zero-order chi connectivity index (χ0) is 13.5. The second-order valence-electron chi connectivity index (χ2n) is 6.27. The van der Waals surface area contributed by atoms with Crippen LogP contribution in [0.3, 0.4) is 0 Å². The number of anilines is 2. The Morgan fingerprint density at radius 2 is 2.00 bits per heavy atom. The number of nitrogens with two attached hydrogens (primary N) is 1. The first-order chi connectivity index (χ1) is 9.16. The minimum absolute atomic E-state index is 0.339. The van der Waals surface area contributed by atoms with Crippen molar-refractivity contribution in [1.29, 1.82) is 0 Å². The summed E-state index contributed by atoms with van der Waals surface area (Å²) < 4.78 is 0. The number of hydrogen-bond donors (Lipinski definition) is 3. The van der Waals surface area contributed by atoms with Crippen molar-refractivity contribution in [2.75, 3.05) is 17.3 Å². The Kier molecular flexibility index (Phi) is 3.09. The van der Waals surface area contributed by atoms with Gasteiger partial charge < -0.3 is 10.7 Å². The van der Waals surface area contributed by atoms with Crippen LogP contribution in [-0.4, -0.2) is 16.5 Å². The highest BCUT2D eigenvalue weighted by molar-refractivity contribution is 5.58. The van der Waals surface area contributed by atoms with Crippen LogP contribution < -0.4 is 16.6 Å². The lowest BCUT2D eigenvalue weighted by Gasteiger charge is -2.20. The first-order valence-corrected chi connectivity index (χ1v) is 7.22. The van der Waals surface area contributed by atoms with Gasteiger partial charge in [-0.05, 0) is 42.9 Å². The van der Waals surface area contributed by atoms with Gasteiger partial charge in [0.05, 0.1) is 0 Å². The Hall–Kier alpha value is -1.36. The number of nitrogen functional groups attached to an aromatic ring is 1. The maximum absolute atomic E-state index is 5.54. The Balaban J connectivity index is 1.76. The van der Waals surface area contributed by atoms with Crippen LogP contribution in [0.15, 0.2) is 6.33 Å². The Morgan fingerprint density at radius 1 is 1.32 bits per heavy atom. The first kappa shape index (κ1) is 12.7. The summed E-state index contributed by atoms with van der Waals surface area (Å²) in [5.41, 5.74) is 4.32. The van der Waals surface area contributed by atoms with E-state index in [2.05, 4.69) is 34.6 Å². The van der Waals surface area contributed by atoms with Gasteiger partial charge in [-0.15, -0.1) is 0 Å². The maximum atomic E-state index is 5.54. The van der Waals surface area contributed by atoms with Crippen LogP contribution in [0.1, 0.15) is 51.0 Å². The predicted molar refractivity (Wildman–Crippen MR) is 76.8 cm³/mol. The summed E-state index contributed by atoms with van der Waals surface area (Å²) in [6, 6.07) is 0. The van der Waals surface area contributed by atoms with E-state index in [4.69, 9.17) is 5.84 Å². The third kappa shape index (κ3) is 2.39. The third-order valence-corrected chi connectivity index (χ3v) is 4.54. The average Bonchev–Trinajstić information content (AvgIpc) is 3.27. The molecule has 0 unspecified atom stereocenters. The largest absolute Gasteiger partial charge is 0.369 e. The number of hydrazine groups is 1. The van der Waals surface area contributed by atoms with E-state index < -0.39 is 0 Å². The fourth-order valence-corrected chi connectivity index (χ4v) is 3.04. The van der Waals surface area contributed by atoms with Crippen molar-refractivity contribution in [3.05, 3.63) is 11.9 Å². The van der Waals surface area contributed by atoms with Crippen molar-refractivity contribution < 1.29 is 0 Å². The fourth-order valence-electron chi connectivity index (χ4n) is 3.04. The Bertz CT molecular complexity index is 463. The first-order valence-electron chi connectivity index (χ1n) is 7.22. The van der Waals surface area contributed by atoms with E-state index >= 15 is 0 Å². The number of hydrogen-bond acceptors (Lipinski definition) is 5. The molecule has 0 atom stereocenters. The van der Waals surface area contributed by atoms with Crippen molar-refractivity contribution in [3.8, 4) is 0 Å². The summed E-state index contributed by atoms with van der Waals surface area (Å²) in [4.78, 5) is 8.60.